The van der Waals surface area contributed by atoms with Gasteiger partial charge in [-0.2, -0.15) is 0 Å². The van der Waals surface area contributed by atoms with Crippen molar-refractivity contribution >= 4 is 34.9 Å². The highest BCUT2D eigenvalue weighted by atomic mass is 32.1. The van der Waals surface area contributed by atoms with E-state index >= 15 is 0 Å². The Hall–Kier alpha value is -2.41. The summed E-state index contributed by atoms with van der Waals surface area (Å²) in [6.07, 6.45) is 11.2. The van der Waals surface area contributed by atoms with Gasteiger partial charge in [0.2, 0.25) is 0 Å². The number of carbonyl (C=O) groups is 3. The van der Waals surface area contributed by atoms with Crippen LogP contribution in [0.5, 0.6) is 0 Å². The van der Waals surface area contributed by atoms with E-state index in [0.717, 1.165) is 47.8 Å². The lowest BCUT2D eigenvalue weighted by molar-refractivity contribution is -0.124. The summed E-state index contributed by atoms with van der Waals surface area (Å²) in [4.78, 5) is 37.7. The molecule has 0 radical (unpaired) electrons. The predicted octanol–water partition coefficient (Wildman–Crippen LogP) is 4.78. The molecule has 32 heavy (non-hydrogen) atoms. The molecule has 1 saturated heterocycles. The largest absolute Gasteiger partial charge is 0.488 e. The monoisotopic (exact) mass is 454 g/mol. The molecule has 3 fully saturated rings. The van der Waals surface area contributed by atoms with Crippen LogP contribution in [0.1, 0.15) is 63.2 Å². The number of imide groups is 2. The average Bonchev–Trinajstić information content (AvgIpc) is 3.31. The number of fused-ring (bicyclic) bond motifs is 1. The van der Waals surface area contributed by atoms with Gasteiger partial charge in [0.15, 0.2) is 0 Å². The summed E-state index contributed by atoms with van der Waals surface area (Å²) >= 11 is 1.62. The zero-order chi connectivity index (χ0) is 22.2. The Morgan fingerprint density at radius 3 is 2.41 bits per heavy atom. The number of thiophene rings is 1. The van der Waals surface area contributed by atoms with E-state index in [1.807, 2.05) is 17.5 Å². The second-order valence-corrected chi connectivity index (χ2v) is 10.7. The maximum Gasteiger partial charge on any atom is 0.328 e. The van der Waals surface area contributed by atoms with Gasteiger partial charge in [-0.05, 0) is 67.4 Å². The van der Waals surface area contributed by atoms with E-state index < -0.39 is 17.8 Å². The summed E-state index contributed by atoms with van der Waals surface area (Å²) < 4.78 is 6.64. The first-order chi connectivity index (χ1) is 15.5. The van der Waals surface area contributed by atoms with Gasteiger partial charge in [0.1, 0.15) is 17.4 Å². The van der Waals surface area contributed by atoms with Crippen molar-refractivity contribution in [2.45, 2.75) is 64.4 Å². The van der Waals surface area contributed by atoms with E-state index in [1.54, 1.807) is 17.4 Å². The Kier molecular flexibility index (Phi) is 5.93. The number of ether oxygens (including phenoxy) is 1. The molecule has 6 nitrogen and oxygen atoms in total. The van der Waals surface area contributed by atoms with Crippen molar-refractivity contribution in [2.24, 2.45) is 23.7 Å². The van der Waals surface area contributed by atoms with Gasteiger partial charge < -0.3 is 4.74 Å². The van der Waals surface area contributed by atoms with Crippen LogP contribution in [0.2, 0.25) is 0 Å². The van der Waals surface area contributed by atoms with E-state index in [1.165, 1.54) is 25.7 Å². The number of nitrogens with one attached hydrogen (secondary N) is 2. The van der Waals surface area contributed by atoms with Gasteiger partial charge in [0, 0.05) is 11.5 Å². The van der Waals surface area contributed by atoms with Crippen LogP contribution in [0.15, 0.2) is 34.7 Å². The van der Waals surface area contributed by atoms with Gasteiger partial charge in [-0.15, -0.1) is 11.3 Å². The molecule has 1 aromatic rings. The first-order valence-electron chi connectivity index (χ1n) is 11.8. The van der Waals surface area contributed by atoms with Crippen molar-refractivity contribution in [3.63, 3.8) is 0 Å². The van der Waals surface area contributed by atoms with Gasteiger partial charge in [-0.3, -0.25) is 20.2 Å². The summed E-state index contributed by atoms with van der Waals surface area (Å²) in [6.45, 7) is 2.33. The summed E-state index contributed by atoms with van der Waals surface area (Å²) in [7, 11) is 0. The number of hydrogen-bond donors (Lipinski definition) is 2. The van der Waals surface area contributed by atoms with Gasteiger partial charge in [0.25, 0.3) is 11.8 Å². The Labute approximate surface area is 192 Å². The SMILES string of the molecule is CC1CCC(C2C(C=C3C(=O)NC(=O)NC3=O)=C(c3cccs3)OC3CCCCC32)CC1. The molecular formula is C25H30N2O4S. The second kappa shape index (κ2) is 8.85. The standard InChI is InChI=1S/C25H30N2O4S/c1-14-8-10-15(11-9-14)21-16-5-2-3-6-19(16)31-22(20-7-4-12-32-20)17(21)13-18-23(28)26-25(30)27-24(18)29/h4,7,12-16,19,21H,2-3,5-6,8-11H2,1H3,(H2,26,27,28,29,30). The van der Waals surface area contributed by atoms with Crippen LogP contribution in [0, 0.1) is 23.7 Å². The Morgan fingerprint density at radius 2 is 1.72 bits per heavy atom. The zero-order valence-electron chi connectivity index (χ0n) is 18.4. The molecule has 1 aromatic heterocycles. The quantitative estimate of drug-likeness (QED) is 0.508. The molecule has 0 aromatic carbocycles. The van der Waals surface area contributed by atoms with E-state index in [-0.39, 0.29) is 17.6 Å². The van der Waals surface area contributed by atoms with Gasteiger partial charge in [-0.1, -0.05) is 32.3 Å². The van der Waals surface area contributed by atoms with Crippen LogP contribution in [0.3, 0.4) is 0 Å². The van der Waals surface area contributed by atoms with E-state index in [9.17, 15) is 14.4 Å². The molecule has 3 heterocycles. The van der Waals surface area contributed by atoms with Crippen LogP contribution < -0.4 is 10.6 Å². The minimum absolute atomic E-state index is 0.0132. The molecular weight excluding hydrogens is 424 g/mol. The fraction of sp³-hybridized carbons (Fsp3) is 0.560. The fourth-order valence-electron chi connectivity index (χ4n) is 6.06. The number of barbiturate groups is 1. The molecule has 7 heteroatoms. The highest BCUT2D eigenvalue weighted by molar-refractivity contribution is 7.11. The van der Waals surface area contributed by atoms with Crippen molar-refractivity contribution in [3.05, 3.63) is 39.6 Å². The first-order valence-corrected chi connectivity index (χ1v) is 12.7. The molecule has 170 valence electrons. The molecule has 3 atom stereocenters. The first kappa shape index (κ1) is 21.4. The third-order valence-corrected chi connectivity index (χ3v) is 8.53. The molecule has 3 unspecified atom stereocenters. The summed E-state index contributed by atoms with van der Waals surface area (Å²) in [6, 6.07) is 3.28. The molecule has 2 N–H and O–H groups in total. The summed E-state index contributed by atoms with van der Waals surface area (Å²) in [5, 5.41) is 6.46. The molecule has 4 amide bonds. The average molecular weight is 455 g/mol. The maximum atomic E-state index is 12.6. The lowest BCUT2D eigenvalue weighted by Crippen LogP contribution is -2.51. The number of urea groups is 1. The van der Waals surface area contributed by atoms with Gasteiger partial charge in [0.05, 0.1) is 4.88 Å². The van der Waals surface area contributed by atoms with Crippen molar-refractivity contribution < 1.29 is 19.1 Å². The van der Waals surface area contributed by atoms with E-state index in [2.05, 4.69) is 17.6 Å². The highest BCUT2D eigenvalue weighted by Crippen LogP contribution is 2.51. The van der Waals surface area contributed by atoms with E-state index in [0.29, 0.717) is 11.8 Å². The molecule has 0 spiro atoms. The van der Waals surface area contributed by atoms with Crippen LogP contribution in [-0.4, -0.2) is 23.9 Å². The van der Waals surface area contributed by atoms with E-state index in [4.69, 9.17) is 4.74 Å². The number of carbonyl (C=O) groups excluding carboxylic acids is 3. The number of hydrogen-bond acceptors (Lipinski definition) is 5. The van der Waals surface area contributed by atoms with Crippen LogP contribution in [0.25, 0.3) is 5.76 Å². The normalized spacial score (nSPS) is 33.2. The Bertz CT molecular complexity index is 950. The topological polar surface area (TPSA) is 84.5 Å². The minimum atomic E-state index is -0.769. The fourth-order valence-corrected chi connectivity index (χ4v) is 6.80. The van der Waals surface area contributed by atoms with Gasteiger partial charge in [-0.25, -0.2) is 4.79 Å². The van der Waals surface area contributed by atoms with Gasteiger partial charge >= 0.3 is 6.03 Å². The van der Waals surface area contributed by atoms with Crippen molar-refractivity contribution in [1.82, 2.24) is 10.6 Å². The molecule has 0 bridgehead atoms. The van der Waals surface area contributed by atoms with Crippen molar-refractivity contribution in [2.75, 3.05) is 0 Å². The number of rotatable bonds is 3. The summed E-state index contributed by atoms with van der Waals surface area (Å²) in [5.74, 6) is 1.45. The van der Waals surface area contributed by atoms with Crippen molar-refractivity contribution in [1.29, 1.82) is 0 Å². The third kappa shape index (κ3) is 4.03. The molecule has 2 aliphatic carbocycles. The third-order valence-electron chi connectivity index (χ3n) is 7.66. The van der Waals surface area contributed by atoms with Crippen molar-refractivity contribution in [3.8, 4) is 0 Å². The maximum absolute atomic E-state index is 12.6. The van der Waals surface area contributed by atoms with Crippen LogP contribution in [0.4, 0.5) is 4.79 Å². The lowest BCUT2D eigenvalue weighted by Gasteiger charge is -2.47. The van der Waals surface area contributed by atoms with Crippen LogP contribution >= 0.6 is 11.3 Å². The zero-order valence-corrected chi connectivity index (χ0v) is 19.2. The molecule has 5 rings (SSSR count). The highest BCUT2D eigenvalue weighted by Gasteiger charge is 2.45. The Morgan fingerprint density at radius 1 is 1.00 bits per heavy atom. The minimum Gasteiger partial charge on any atom is -0.488 e. The second-order valence-electron chi connectivity index (χ2n) is 9.71. The molecule has 2 saturated carbocycles. The van der Waals surface area contributed by atoms with Crippen LogP contribution in [-0.2, 0) is 14.3 Å². The predicted molar refractivity (Wildman–Crippen MR) is 122 cm³/mol. The number of amides is 4. The Balaban J connectivity index is 1.64. The summed E-state index contributed by atoms with van der Waals surface area (Å²) in [5.41, 5.74) is 0.950. The molecule has 4 aliphatic rings. The lowest BCUT2D eigenvalue weighted by atomic mass is 9.63. The number of allylic oxidation sites excluding steroid dienone is 2. The molecule has 2 aliphatic heterocycles. The smallest absolute Gasteiger partial charge is 0.328 e.